The van der Waals surface area contributed by atoms with Gasteiger partial charge in [-0.1, -0.05) is 20.8 Å². The third-order valence-corrected chi connectivity index (χ3v) is 3.70. The van der Waals surface area contributed by atoms with Crippen LogP contribution in [0.2, 0.25) is 0 Å². The number of carbonyl (C=O) groups is 5. The van der Waals surface area contributed by atoms with Gasteiger partial charge in [-0.2, -0.15) is 0 Å². The first-order valence-electron chi connectivity index (χ1n) is 8.62. The predicted octanol–water partition coefficient (Wildman–Crippen LogP) is 0.388. The summed E-state index contributed by atoms with van der Waals surface area (Å²) >= 11 is 0. The largest absolute Gasteiger partial charge is 0.481 e. The molecule has 28 heavy (non-hydrogen) atoms. The fourth-order valence-corrected chi connectivity index (χ4v) is 2.14. The van der Waals surface area contributed by atoms with Crippen LogP contribution >= 0.6 is 0 Å². The number of carbonyl (C=O) groups excluding carboxylic acids is 2. The molecular weight excluding hydrogens is 374 g/mol. The highest BCUT2D eigenvalue weighted by Gasteiger charge is 2.33. The molecule has 0 bridgehead atoms. The van der Waals surface area contributed by atoms with Gasteiger partial charge in [0, 0.05) is 23.8 Å². The second-order valence-corrected chi connectivity index (χ2v) is 8.12. The van der Waals surface area contributed by atoms with Crippen LogP contribution in [0.15, 0.2) is 0 Å². The summed E-state index contributed by atoms with van der Waals surface area (Å²) in [6.45, 7) is 8.28. The molecule has 0 unspecified atom stereocenters. The first-order valence-corrected chi connectivity index (χ1v) is 8.62. The van der Waals surface area contributed by atoms with E-state index in [0.29, 0.717) is 0 Å². The lowest BCUT2D eigenvalue weighted by molar-refractivity contribution is -0.141. The monoisotopic (exact) mass is 403 g/mol. The molecule has 0 aromatic heterocycles. The van der Waals surface area contributed by atoms with E-state index in [1.54, 1.807) is 34.6 Å². The molecular formula is C17H29N3O8. The smallest absolute Gasteiger partial charge is 0.326 e. The molecule has 0 radical (unpaired) electrons. The molecule has 11 nitrogen and oxygen atoms in total. The average Bonchev–Trinajstić information content (AvgIpc) is 2.48. The van der Waals surface area contributed by atoms with Crippen LogP contribution in [0, 0.1) is 5.41 Å². The molecule has 160 valence electrons. The highest BCUT2D eigenvalue weighted by atomic mass is 16.4. The van der Waals surface area contributed by atoms with Gasteiger partial charge in [0.15, 0.2) is 0 Å². The molecule has 3 amide bonds. The fraction of sp³-hybridized carbons (Fsp3) is 0.706. The van der Waals surface area contributed by atoms with Crippen LogP contribution < -0.4 is 16.0 Å². The van der Waals surface area contributed by atoms with Gasteiger partial charge in [0.1, 0.15) is 12.1 Å². The Morgan fingerprint density at radius 3 is 1.68 bits per heavy atom. The van der Waals surface area contributed by atoms with Crippen LogP contribution in [-0.4, -0.2) is 62.8 Å². The van der Waals surface area contributed by atoms with Crippen molar-refractivity contribution in [3.63, 3.8) is 0 Å². The van der Waals surface area contributed by atoms with Gasteiger partial charge < -0.3 is 31.3 Å². The first kappa shape index (κ1) is 25.1. The predicted molar refractivity (Wildman–Crippen MR) is 97.7 cm³/mol. The Morgan fingerprint density at radius 2 is 1.29 bits per heavy atom. The average molecular weight is 403 g/mol. The van der Waals surface area contributed by atoms with Gasteiger partial charge in [-0.25, -0.2) is 14.4 Å². The van der Waals surface area contributed by atoms with Crippen LogP contribution in [0.3, 0.4) is 0 Å². The van der Waals surface area contributed by atoms with Gasteiger partial charge in [0.25, 0.3) is 0 Å². The Morgan fingerprint density at radius 1 is 0.821 bits per heavy atom. The zero-order valence-corrected chi connectivity index (χ0v) is 16.7. The molecule has 0 fully saturated rings. The zero-order valence-electron chi connectivity index (χ0n) is 16.7. The maximum Gasteiger partial charge on any atom is 0.326 e. The molecule has 0 saturated heterocycles. The summed E-state index contributed by atoms with van der Waals surface area (Å²) in [5.74, 6) is -4.34. The Bertz CT molecular complexity index is 624. The van der Waals surface area contributed by atoms with E-state index in [-0.39, 0.29) is 18.7 Å². The lowest BCUT2D eigenvalue weighted by atomic mass is 9.90. The highest BCUT2D eigenvalue weighted by Crippen LogP contribution is 2.18. The SMILES string of the molecule is CC(C)(C[C@H](NC(=O)N[C@@H](CCC(=O)O)C(=O)O)C(=O)O)NC(=O)C(C)(C)C. The van der Waals surface area contributed by atoms with Crippen molar-refractivity contribution >= 4 is 29.8 Å². The molecule has 0 aliphatic carbocycles. The number of hydrogen-bond acceptors (Lipinski definition) is 5. The molecule has 0 saturated carbocycles. The maximum atomic E-state index is 12.1. The topological polar surface area (TPSA) is 182 Å². The van der Waals surface area contributed by atoms with Crippen LogP contribution in [0.25, 0.3) is 0 Å². The van der Waals surface area contributed by atoms with Crippen molar-refractivity contribution < 1.29 is 39.3 Å². The number of carboxylic acid groups (broad SMARTS) is 3. The number of aliphatic carboxylic acids is 3. The van der Waals surface area contributed by atoms with Crippen LogP contribution in [0.1, 0.15) is 53.9 Å². The molecule has 0 aromatic rings. The zero-order chi connectivity index (χ0) is 22.3. The summed E-state index contributed by atoms with van der Waals surface area (Å²) < 4.78 is 0. The number of amides is 3. The minimum absolute atomic E-state index is 0.162. The minimum Gasteiger partial charge on any atom is -0.481 e. The summed E-state index contributed by atoms with van der Waals surface area (Å²) in [4.78, 5) is 57.3. The molecule has 0 spiro atoms. The second-order valence-electron chi connectivity index (χ2n) is 8.12. The minimum atomic E-state index is -1.49. The Balaban J connectivity index is 5.03. The van der Waals surface area contributed by atoms with E-state index in [4.69, 9.17) is 10.2 Å². The third kappa shape index (κ3) is 9.74. The van der Waals surface area contributed by atoms with E-state index in [2.05, 4.69) is 10.6 Å². The van der Waals surface area contributed by atoms with Gasteiger partial charge in [0.05, 0.1) is 0 Å². The number of nitrogens with one attached hydrogen (secondary N) is 3. The van der Waals surface area contributed by atoms with Crippen molar-refractivity contribution in [3.8, 4) is 0 Å². The molecule has 6 N–H and O–H groups in total. The van der Waals surface area contributed by atoms with Crippen molar-refractivity contribution in [1.29, 1.82) is 0 Å². The van der Waals surface area contributed by atoms with E-state index in [1.165, 1.54) is 0 Å². The van der Waals surface area contributed by atoms with Crippen LogP contribution in [-0.2, 0) is 19.2 Å². The van der Waals surface area contributed by atoms with Gasteiger partial charge in [-0.05, 0) is 20.3 Å². The molecule has 11 heteroatoms. The Labute approximate surface area is 162 Å². The standard InChI is InChI=1S/C17H29N3O8/c1-16(2,3)14(27)20-17(4,5)8-10(13(25)26)19-15(28)18-9(12(23)24)6-7-11(21)22/h9-10H,6-8H2,1-5H3,(H,20,27)(H,21,22)(H,23,24)(H,25,26)(H2,18,19,28)/t9-,10-/m0/s1. The maximum absolute atomic E-state index is 12.1. The van der Waals surface area contributed by atoms with Gasteiger partial charge in [-0.15, -0.1) is 0 Å². The lowest BCUT2D eigenvalue weighted by Crippen LogP contribution is -2.56. The van der Waals surface area contributed by atoms with Gasteiger partial charge in [0.2, 0.25) is 5.91 Å². The number of urea groups is 1. The van der Waals surface area contributed by atoms with E-state index in [9.17, 15) is 29.1 Å². The summed E-state index contributed by atoms with van der Waals surface area (Å²) in [5, 5.41) is 33.9. The van der Waals surface area contributed by atoms with Crippen molar-refractivity contribution in [2.75, 3.05) is 0 Å². The second kappa shape index (κ2) is 9.90. The summed E-state index contributed by atoms with van der Waals surface area (Å²) in [7, 11) is 0. The van der Waals surface area contributed by atoms with Gasteiger partial charge in [-0.3, -0.25) is 9.59 Å². The molecule has 0 aromatic carbocycles. The van der Waals surface area contributed by atoms with Gasteiger partial charge >= 0.3 is 23.9 Å². The van der Waals surface area contributed by atoms with E-state index in [1.807, 2.05) is 5.32 Å². The number of carboxylic acids is 3. The molecule has 0 heterocycles. The van der Waals surface area contributed by atoms with E-state index < -0.39 is 53.4 Å². The molecule has 0 rings (SSSR count). The fourth-order valence-electron chi connectivity index (χ4n) is 2.14. The normalized spacial score (nSPS) is 13.8. The Kier molecular flexibility index (Phi) is 8.90. The van der Waals surface area contributed by atoms with Crippen LogP contribution in [0.5, 0.6) is 0 Å². The molecule has 2 atom stereocenters. The Hall–Kier alpha value is -2.85. The van der Waals surface area contributed by atoms with Crippen molar-refractivity contribution in [1.82, 2.24) is 16.0 Å². The lowest BCUT2D eigenvalue weighted by Gasteiger charge is -2.32. The number of hydrogen-bond donors (Lipinski definition) is 6. The highest BCUT2D eigenvalue weighted by molar-refractivity contribution is 5.86. The van der Waals surface area contributed by atoms with Crippen molar-refractivity contribution in [3.05, 3.63) is 0 Å². The van der Waals surface area contributed by atoms with Crippen LogP contribution in [0.4, 0.5) is 4.79 Å². The molecule has 0 aliphatic rings. The van der Waals surface area contributed by atoms with Crippen molar-refractivity contribution in [2.45, 2.75) is 71.5 Å². The quantitative estimate of drug-likeness (QED) is 0.303. The van der Waals surface area contributed by atoms with E-state index in [0.717, 1.165) is 0 Å². The summed E-state index contributed by atoms with van der Waals surface area (Å²) in [6, 6.07) is -3.97. The number of rotatable bonds is 10. The molecule has 0 aliphatic heterocycles. The summed E-state index contributed by atoms with van der Waals surface area (Å²) in [6.07, 6.45) is -1.00. The van der Waals surface area contributed by atoms with Crippen molar-refractivity contribution in [2.24, 2.45) is 5.41 Å². The first-order chi connectivity index (χ1) is 12.5. The third-order valence-electron chi connectivity index (χ3n) is 3.70. The van der Waals surface area contributed by atoms with E-state index >= 15 is 0 Å². The summed E-state index contributed by atoms with van der Waals surface area (Å²) in [5.41, 5.74) is -1.67.